The zero-order valence-corrected chi connectivity index (χ0v) is 10.2. The molecule has 17 heavy (non-hydrogen) atoms. The van der Waals surface area contributed by atoms with Gasteiger partial charge in [-0.15, -0.1) is 0 Å². The number of benzene rings is 1. The molecule has 1 heterocycles. The third kappa shape index (κ3) is 2.36. The highest BCUT2D eigenvalue weighted by Crippen LogP contribution is 2.24. The quantitative estimate of drug-likeness (QED) is 0.880. The number of halogens is 1. The van der Waals surface area contributed by atoms with E-state index in [0.29, 0.717) is 5.56 Å². The number of nitrogens with zero attached hydrogens (tertiary/aromatic N) is 2. The summed E-state index contributed by atoms with van der Waals surface area (Å²) in [5.41, 5.74) is 2.52. The van der Waals surface area contributed by atoms with Crippen molar-refractivity contribution < 1.29 is 4.39 Å². The van der Waals surface area contributed by atoms with Crippen LogP contribution in [0, 0.1) is 12.7 Å². The van der Waals surface area contributed by atoms with E-state index < -0.39 is 0 Å². The monoisotopic (exact) mass is 233 g/mol. The van der Waals surface area contributed by atoms with Crippen molar-refractivity contribution in [3.05, 3.63) is 53.1 Å². The van der Waals surface area contributed by atoms with Crippen molar-refractivity contribution in [2.24, 2.45) is 7.05 Å². The molecular formula is C13H16FN3. The number of nitrogens with one attached hydrogen (secondary N) is 1. The van der Waals surface area contributed by atoms with Crippen molar-refractivity contribution in [3.8, 4) is 0 Å². The first kappa shape index (κ1) is 11.8. The molecule has 0 aliphatic carbocycles. The van der Waals surface area contributed by atoms with E-state index in [4.69, 9.17) is 0 Å². The molecule has 1 aromatic heterocycles. The molecule has 0 amide bonds. The third-order valence-electron chi connectivity index (χ3n) is 2.81. The molecule has 4 heteroatoms. The van der Waals surface area contributed by atoms with E-state index in [9.17, 15) is 4.39 Å². The van der Waals surface area contributed by atoms with Gasteiger partial charge < -0.3 is 5.32 Å². The van der Waals surface area contributed by atoms with Gasteiger partial charge in [0.25, 0.3) is 0 Å². The van der Waals surface area contributed by atoms with Crippen molar-refractivity contribution in [1.29, 1.82) is 0 Å². The number of rotatable bonds is 3. The molecule has 1 N–H and O–H groups in total. The SMILES string of the molecule is CNC(c1cnn(C)c1)c1ccc(C)cc1F. The Bertz CT molecular complexity index is 519. The summed E-state index contributed by atoms with van der Waals surface area (Å²) in [5, 5.41) is 7.23. The van der Waals surface area contributed by atoms with Gasteiger partial charge in [0.2, 0.25) is 0 Å². The minimum absolute atomic E-state index is 0.163. The van der Waals surface area contributed by atoms with Gasteiger partial charge >= 0.3 is 0 Å². The zero-order chi connectivity index (χ0) is 12.4. The molecule has 0 fully saturated rings. The first-order valence-corrected chi connectivity index (χ1v) is 5.53. The number of hydrogen-bond donors (Lipinski definition) is 1. The highest BCUT2D eigenvalue weighted by Gasteiger charge is 2.17. The van der Waals surface area contributed by atoms with Gasteiger partial charge in [-0.2, -0.15) is 5.10 Å². The molecule has 2 rings (SSSR count). The van der Waals surface area contributed by atoms with Crippen LogP contribution in [0.3, 0.4) is 0 Å². The summed E-state index contributed by atoms with van der Waals surface area (Å²) in [6.45, 7) is 1.88. The van der Waals surface area contributed by atoms with Crippen LogP contribution < -0.4 is 5.32 Å². The molecule has 2 aromatic rings. The van der Waals surface area contributed by atoms with Crippen LogP contribution in [0.2, 0.25) is 0 Å². The summed E-state index contributed by atoms with van der Waals surface area (Å²) in [7, 11) is 3.67. The molecule has 0 spiro atoms. The molecule has 1 aromatic carbocycles. The molecule has 0 aliphatic rings. The lowest BCUT2D eigenvalue weighted by molar-refractivity contribution is 0.575. The van der Waals surface area contributed by atoms with E-state index in [0.717, 1.165) is 11.1 Å². The summed E-state index contributed by atoms with van der Waals surface area (Å²) in [5.74, 6) is -0.187. The van der Waals surface area contributed by atoms with Crippen LogP contribution in [0.1, 0.15) is 22.7 Å². The van der Waals surface area contributed by atoms with Crippen molar-refractivity contribution in [1.82, 2.24) is 15.1 Å². The Morgan fingerprint density at radius 1 is 1.41 bits per heavy atom. The maximum Gasteiger partial charge on any atom is 0.128 e. The van der Waals surface area contributed by atoms with Gasteiger partial charge in [0.05, 0.1) is 12.2 Å². The second kappa shape index (κ2) is 4.67. The normalized spacial score (nSPS) is 12.7. The van der Waals surface area contributed by atoms with Crippen LogP contribution in [-0.4, -0.2) is 16.8 Å². The second-order valence-corrected chi connectivity index (χ2v) is 4.19. The highest BCUT2D eigenvalue weighted by atomic mass is 19.1. The maximum atomic E-state index is 13.9. The lowest BCUT2D eigenvalue weighted by atomic mass is 10.00. The van der Waals surface area contributed by atoms with Crippen LogP contribution in [-0.2, 0) is 7.05 Å². The molecule has 3 nitrogen and oxygen atoms in total. The van der Waals surface area contributed by atoms with Gasteiger partial charge in [0, 0.05) is 24.4 Å². The van der Waals surface area contributed by atoms with E-state index in [1.807, 2.05) is 39.3 Å². The van der Waals surface area contributed by atoms with E-state index in [1.54, 1.807) is 16.9 Å². The van der Waals surface area contributed by atoms with Gasteiger partial charge in [-0.3, -0.25) is 4.68 Å². The molecule has 0 radical (unpaired) electrons. The van der Waals surface area contributed by atoms with Crippen LogP contribution in [0.15, 0.2) is 30.6 Å². The Hall–Kier alpha value is -1.68. The van der Waals surface area contributed by atoms with Crippen LogP contribution in [0.4, 0.5) is 4.39 Å². The van der Waals surface area contributed by atoms with Crippen LogP contribution in [0.25, 0.3) is 0 Å². The van der Waals surface area contributed by atoms with E-state index in [1.165, 1.54) is 0 Å². The molecule has 0 aliphatic heterocycles. The largest absolute Gasteiger partial charge is 0.309 e. The molecule has 0 saturated carbocycles. The lowest BCUT2D eigenvalue weighted by Gasteiger charge is -2.16. The van der Waals surface area contributed by atoms with Crippen molar-refractivity contribution in [2.45, 2.75) is 13.0 Å². The summed E-state index contributed by atoms with van der Waals surface area (Å²) in [6, 6.07) is 5.12. The Kier molecular flexibility index (Phi) is 3.24. The minimum Gasteiger partial charge on any atom is -0.309 e. The average Bonchev–Trinajstić information content (AvgIpc) is 2.69. The van der Waals surface area contributed by atoms with Crippen molar-refractivity contribution in [2.75, 3.05) is 7.05 Å². The number of aryl methyl sites for hydroxylation is 2. The summed E-state index contributed by atoms with van der Waals surface area (Å²) < 4.78 is 15.6. The fourth-order valence-electron chi connectivity index (χ4n) is 1.96. The van der Waals surface area contributed by atoms with E-state index in [2.05, 4.69) is 10.4 Å². The fraction of sp³-hybridized carbons (Fsp3) is 0.308. The third-order valence-corrected chi connectivity index (χ3v) is 2.81. The number of hydrogen-bond acceptors (Lipinski definition) is 2. The first-order valence-electron chi connectivity index (χ1n) is 5.53. The summed E-state index contributed by atoms with van der Waals surface area (Å²) in [4.78, 5) is 0. The lowest BCUT2D eigenvalue weighted by Crippen LogP contribution is -2.18. The summed E-state index contributed by atoms with van der Waals surface area (Å²) in [6.07, 6.45) is 3.64. The van der Waals surface area contributed by atoms with Gasteiger partial charge in [-0.1, -0.05) is 12.1 Å². The molecule has 0 bridgehead atoms. The summed E-state index contributed by atoms with van der Waals surface area (Å²) >= 11 is 0. The highest BCUT2D eigenvalue weighted by molar-refractivity contribution is 5.32. The first-order chi connectivity index (χ1) is 8.11. The van der Waals surface area contributed by atoms with Crippen molar-refractivity contribution >= 4 is 0 Å². The van der Waals surface area contributed by atoms with Gasteiger partial charge in [-0.05, 0) is 25.6 Å². The smallest absolute Gasteiger partial charge is 0.128 e. The van der Waals surface area contributed by atoms with Crippen LogP contribution >= 0.6 is 0 Å². The predicted octanol–water partition coefficient (Wildman–Crippen LogP) is 2.18. The van der Waals surface area contributed by atoms with E-state index >= 15 is 0 Å². The second-order valence-electron chi connectivity index (χ2n) is 4.19. The maximum absolute atomic E-state index is 13.9. The fourth-order valence-corrected chi connectivity index (χ4v) is 1.96. The standard InChI is InChI=1S/C13H16FN3/c1-9-4-5-11(12(14)6-9)13(15-2)10-7-16-17(3)8-10/h4-8,13,15H,1-3H3. The van der Waals surface area contributed by atoms with E-state index in [-0.39, 0.29) is 11.9 Å². The van der Waals surface area contributed by atoms with Gasteiger partial charge in [-0.25, -0.2) is 4.39 Å². The van der Waals surface area contributed by atoms with Gasteiger partial charge in [0.1, 0.15) is 5.82 Å². The Labute approximate surface area is 100 Å². The average molecular weight is 233 g/mol. The molecule has 1 unspecified atom stereocenters. The van der Waals surface area contributed by atoms with Crippen molar-refractivity contribution in [3.63, 3.8) is 0 Å². The van der Waals surface area contributed by atoms with Gasteiger partial charge in [0.15, 0.2) is 0 Å². The number of aromatic nitrogens is 2. The molecule has 90 valence electrons. The zero-order valence-electron chi connectivity index (χ0n) is 10.2. The van der Waals surface area contributed by atoms with Crippen LogP contribution in [0.5, 0.6) is 0 Å². The predicted molar refractivity (Wildman–Crippen MR) is 65.2 cm³/mol. The Morgan fingerprint density at radius 3 is 2.71 bits per heavy atom. The molecule has 0 saturated heterocycles. The Balaban J connectivity index is 2.42. The molecule has 1 atom stereocenters. The Morgan fingerprint density at radius 2 is 2.18 bits per heavy atom. The molecular weight excluding hydrogens is 217 g/mol. The topological polar surface area (TPSA) is 29.9 Å². The minimum atomic E-state index is -0.187.